The standard InChI is InChI=1S/C17H9ClF3N5O.C17H10F3N5O/c18-16-11(20)7-22-17(23-16)13-6-14(12-4-5-27-25-12)26(24-13)8-9-2-1-3-10(19)15(9)21;18-11-7-21-17(22-8-11)14-6-15(13-4-5-26-24-13)25(23-14)9-10-2-1-3-12(19)16(10)20/h1-7H,8H2;1-8H,9H2. The van der Waals surface area contributed by atoms with Crippen LogP contribution in [0.3, 0.4) is 0 Å². The molecule has 8 aromatic rings. The van der Waals surface area contributed by atoms with Gasteiger partial charge in [0, 0.05) is 23.3 Å². The molecule has 0 aliphatic rings. The summed E-state index contributed by atoms with van der Waals surface area (Å²) < 4.78 is 93.9. The fraction of sp³-hybridized carbons (Fsp3) is 0.0588. The summed E-state index contributed by atoms with van der Waals surface area (Å²) in [7, 11) is 0. The molecule has 0 aliphatic carbocycles. The Kier molecular flexibility index (Phi) is 9.76. The second-order valence-corrected chi connectivity index (χ2v) is 11.3. The second-order valence-electron chi connectivity index (χ2n) is 10.9. The first-order valence-electron chi connectivity index (χ1n) is 15.1. The topological polar surface area (TPSA) is 139 Å². The van der Waals surface area contributed by atoms with Gasteiger partial charge in [0.05, 0.1) is 43.1 Å². The van der Waals surface area contributed by atoms with Crippen LogP contribution in [0.2, 0.25) is 5.15 Å². The number of nitrogens with zero attached hydrogens (tertiary/aromatic N) is 10. The van der Waals surface area contributed by atoms with Crippen molar-refractivity contribution < 1.29 is 35.4 Å². The van der Waals surface area contributed by atoms with Crippen molar-refractivity contribution in [2.75, 3.05) is 0 Å². The molecule has 0 unspecified atom stereocenters. The van der Waals surface area contributed by atoms with Gasteiger partial charge in [0.2, 0.25) is 0 Å². The molecule has 0 atom stereocenters. The smallest absolute Gasteiger partial charge is 0.181 e. The van der Waals surface area contributed by atoms with Crippen molar-refractivity contribution in [3.63, 3.8) is 0 Å². The lowest BCUT2D eigenvalue weighted by Crippen LogP contribution is -2.07. The zero-order chi connectivity index (χ0) is 37.1. The molecule has 12 nitrogen and oxygen atoms in total. The van der Waals surface area contributed by atoms with Crippen molar-refractivity contribution in [3.8, 4) is 45.8 Å². The predicted octanol–water partition coefficient (Wildman–Crippen LogP) is 7.57. The molecule has 0 N–H and O–H groups in total. The third kappa shape index (κ3) is 7.52. The Morgan fingerprint density at radius 3 is 1.53 bits per heavy atom. The van der Waals surface area contributed by atoms with E-state index in [9.17, 15) is 26.3 Å². The fourth-order valence-electron chi connectivity index (χ4n) is 4.97. The van der Waals surface area contributed by atoms with E-state index in [-0.39, 0.29) is 46.7 Å². The first-order valence-corrected chi connectivity index (χ1v) is 15.5. The molecule has 266 valence electrons. The van der Waals surface area contributed by atoms with Crippen LogP contribution >= 0.6 is 11.6 Å². The summed E-state index contributed by atoms with van der Waals surface area (Å²) in [6.07, 6.45) is 5.70. The van der Waals surface area contributed by atoms with Crippen molar-refractivity contribution in [3.05, 3.63) is 143 Å². The van der Waals surface area contributed by atoms with Crippen LogP contribution in [0.15, 0.2) is 101 Å². The molecule has 6 aromatic heterocycles. The highest BCUT2D eigenvalue weighted by Gasteiger charge is 2.20. The highest BCUT2D eigenvalue weighted by molar-refractivity contribution is 6.29. The maximum Gasteiger partial charge on any atom is 0.181 e. The molecule has 0 spiro atoms. The van der Waals surface area contributed by atoms with Crippen molar-refractivity contribution in [2.24, 2.45) is 0 Å². The predicted molar refractivity (Wildman–Crippen MR) is 173 cm³/mol. The van der Waals surface area contributed by atoms with E-state index < -0.39 is 34.9 Å². The molecule has 8 rings (SSSR count). The Morgan fingerprint density at radius 1 is 0.566 bits per heavy atom. The van der Waals surface area contributed by atoms with E-state index in [1.54, 1.807) is 24.3 Å². The van der Waals surface area contributed by atoms with Gasteiger partial charge in [-0.3, -0.25) is 9.36 Å². The SMILES string of the molecule is Fc1cnc(-c2cc(-c3ccon3)n(Cc3cccc(F)c3F)n2)nc1.Fc1cnc(-c2cc(-c3ccon3)n(Cc3cccc(F)c3F)n2)nc1Cl. The van der Waals surface area contributed by atoms with Gasteiger partial charge < -0.3 is 9.05 Å². The van der Waals surface area contributed by atoms with Gasteiger partial charge in [-0.1, -0.05) is 46.2 Å². The summed E-state index contributed by atoms with van der Waals surface area (Å²) in [5.74, 6) is -4.91. The van der Waals surface area contributed by atoms with Gasteiger partial charge in [-0.2, -0.15) is 10.2 Å². The molecule has 0 saturated heterocycles. The Balaban J connectivity index is 0.000000164. The lowest BCUT2D eigenvalue weighted by atomic mass is 10.2. The zero-order valence-corrected chi connectivity index (χ0v) is 27.3. The number of rotatable bonds is 8. The zero-order valence-electron chi connectivity index (χ0n) is 26.5. The first-order chi connectivity index (χ1) is 25.6. The monoisotopic (exact) mass is 748 g/mol. The Hall–Kier alpha value is -6.69. The van der Waals surface area contributed by atoms with Crippen LogP contribution in [0.5, 0.6) is 0 Å². The van der Waals surface area contributed by atoms with E-state index in [4.69, 9.17) is 20.6 Å². The van der Waals surface area contributed by atoms with Crippen molar-refractivity contribution >= 4 is 11.6 Å². The minimum Gasteiger partial charge on any atom is -0.364 e. The highest BCUT2D eigenvalue weighted by Crippen LogP contribution is 2.27. The second kappa shape index (κ2) is 14.9. The number of hydrogen-bond acceptors (Lipinski definition) is 10. The molecule has 0 amide bonds. The molecular formula is C34H19ClF6N10O2. The third-order valence-corrected chi connectivity index (χ3v) is 7.71. The van der Waals surface area contributed by atoms with Gasteiger partial charge in [-0.15, -0.1) is 0 Å². The highest BCUT2D eigenvalue weighted by atomic mass is 35.5. The van der Waals surface area contributed by atoms with Crippen LogP contribution in [-0.4, -0.2) is 49.8 Å². The van der Waals surface area contributed by atoms with Crippen LogP contribution in [0.1, 0.15) is 11.1 Å². The van der Waals surface area contributed by atoms with Gasteiger partial charge in [0.15, 0.2) is 51.7 Å². The normalized spacial score (nSPS) is 11.1. The van der Waals surface area contributed by atoms with Crippen LogP contribution < -0.4 is 0 Å². The molecule has 0 saturated carbocycles. The summed E-state index contributed by atoms with van der Waals surface area (Å²) in [5, 5.41) is 16.0. The summed E-state index contributed by atoms with van der Waals surface area (Å²) in [4.78, 5) is 15.5. The Bertz CT molecular complexity index is 2510. The van der Waals surface area contributed by atoms with Crippen LogP contribution in [0.4, 0.5) is 26.3 Å². The fourth-order valence-corrected chi connectivity index (χ4v) is 5.10. The molecule has 0 fully saturated rings. The van der Waals surface area contributed by atoms with Crippen molar-refractivity contribution in [1.29, 1.82) is 0 Å². The molecular weight excluding hydrogens is 730 g/mol. The molecule has 0 bridgehead atoms. The molecule has 2 aromatic carbocycles. The van der Waals surface area contributed by atoms with E-state index in [0.717, 1.165) is 30.7 Å². The number of halogens is 7. The largest absolute Gasteiger partial charge is 0.364 e. The Morgan fingerprint density at radius 2 is 1.06 bits per heavy atom. The maximum absolute atomic E-state index is 14.1. The molecule has 6 heterocycles. The molecule has 0 radical (unpaired) electrons. The van der Waals surface area contributed by atoms with E-state index in [1.807, 2.05) is 0 Å². The van der Waals surface area contributed by atoms with Crippen molar-refractivity contribution in [2.45, 2.75) is 13.1 Å². The van der Waals surface area contributed by atoms with Crippen LogP contribution in [0.25, 0.3) is 45.8 Å². The first kappa shape index (κ1) is 34.7. The summed E-state index contributed by atoms with van der Waals surface area (Å²) in [6.45, 7) is -0.131. The Labute approximate surface area is 298 Å². The van der Waals surface area contributed by atoms with Gasteiger partial charge in [-0.05, 0) is 24.3 Å². The number of aromatic nitrogens is 10. The minimum absolute atomic E-state index is 0.0486. The lowest BCUT2D eigenvalue weighted by Gasteiger charge is -2.07. The van der Waals surface area contributed by atoms with Gasteiger partial charge in [0.25, 0.3) is 0 Å². The van der Waals surface area contributed by atoms with E-state index in [0.29, 0.717) is 28.5 Å². The van der Waals surface area contributed by atoms with E-state index in [1.165, 1.54) is 46.2 Å². The van der Waals surface area contributed by atoms with Crippen LogP contribution in [-0.2, 0) is 13.1 Å². The quantitative estimate of drug-likeness (QED) is 0.113. The lowest BCUT2D eigenvalue weighted by molar-refractivity contribution is 0.421. The average Bonchev–Trinajstić information content (AvgIpc) is 3.99. The maximum atomic E-state index is 14.1. The third-order valence-electron chi connectivity index (χ3n) is 7.44. The van der Waals surface area contributed by atoms with Gasteiger partial charge >= 0.3 is 0 Å². The molecule has 19 heteroatoms. The number of benzene rings is 2. The number of hydrogen-bond donors (Lipinski definition) is 0. The molecule has 53 heavy (non-hydrogen) atoms. The summed E-state index contributed by atoms with van der Waals surface area (Å²) in [6, 6.07) is 14.1. The average molecular weight is 749 g/mol. The van der Waals surface area contributed by atoms with Gasteiger partial charge in [0.1, 0.15) is 35.3 Å². The molecule has 0 aliphatic heterocycles. The van der Waals surface area contributed by atoms with E-state index >= 15 is 0 Å². The summed E-state index contributed by atoms with van der Waals surface area (Å²) in [5.41, 5.74) is 2.60. The van der Waals surface area contributed by atoms with Crippen molar-refractivity contribution in [1.82, 2.24) is 49.8 Å². The summed E-state index contributed by atoms with van der Waals surface area (Å²) >= 11 is 5.70. The van der Waals surface area contributed by atoms with Gasteiger partial charge in [-0.25, -0.2) is 46.3 Å². The van der Waals surface area contributed by atoms with Crippen LogP contribution in [0, 0.1) is 34.9 Å². The minimum atomic E-state index is -0.971. The van der Waals surface area contributed by atoms with E-state index in [2.05, 4.69) is 40.4 Å².